The molecule has 0 saturated heterocycles. The van der Waals surface area contributed by atoms with Crippen LogP contribution < -0.4 is 9.47 Å². The van der Waals surface area contributed by atoms with Gasteiger partial charge < -0.3 is 14.4 Å². The maximum absolute atomic E-state index is 13.6. The normalized spacial score (nSPS) is 19.3. The number of ether oxygens (including phenoxy) is 2. The first-order valence-corrected chi connectivity index (χ1v) is 10.8. The fraction of sp³-hybridized carbons (Fsp3) is 0.296. The number of carbonyl (C=O) groups is 1. The van der Waals surface area contributed by atoms with Crippen LogP contribution in [0.25, 0.3) is 0 Å². The van der Waals surface area contributed by atoms with Crippen molar-refractivity contribution >= 4 is 5.91 Å². The summed E-state index contributed by atoms with van der Waals surface area (Å²) >= 11 is 0. The number of nitrogens with zero attached hydrogens (tertiary/aromatic N) is 1. The van der Waals surface area contributed by atoms with Crippen LogP contribution in [0.4, 0.5) is 0 Å². The van der Waals surface area contributed by atoms with Gasteiger partial charge in [0.15, 0.2) is 11.5 Å². The van der Waals surface area contributed by atoms with Crippen LogP contribution in [0.5, 0.6) is 11.5 Å². The van der Waals surface area contributed by atoms with Gasteiger partial charge in [-0.15, -0.1) is 0 Å². The van der Waals surface area contributed by atoms with Crippen molar-refractivity contribution in [3.05, 3.63) is 94.0 Å². The Labute approximate surface area is 183 Å². The number of amides is 1. The van der Waals surface area contributed by atoms with E-state index in [4.69, 9.17) is 9.47 Å². The lowest BCUT2D eigenvalue weighted by molar-refractivity contribution is 0.0586. The molecule has 2 aliphatic rings. The Morgan fingerprint density at radius 3 is 2.42 bits per heavy atom. The molecule has 1 aliphatic carbocycles. The largest absolute Gasteiger partial charge is 0.493 e. The molecule has 3 aromatic carbocycles. The zero-order valence-corrected chi connectivity index (χ0v) is 18.2. The molecule has 0 spiro atoms. The topological polar surface area (TPSA) is 38.8 Å². The molecule has 158 valence electrons. The Morgan fingerprint density at radius 1 is 0.935 bits per heavy atom. The van der Waals surface area contributed by atoms with Crippen LogP contribution in [-0.4, -0.2) is 31.1 Å². The molecule has 4 heteroatoms. The molecular formula is C27H27NO3. The van der Waals surface area contributed by atoms with Gasteiger partial charge in [0.05, 0.1) is 14.2 Å². The van der Waals surface area contributed by atoms with Crippen molar-refractivity contribution in [1.82, 2.24) is 4.90 Å². The fourth-order valence-electron chi connectivity index (χ4n) is 5.23. The summed E-state index contributed by atoms with van der Waals surface area (Å²) in [4.78, 5) is 15.7. The van der Waals surface area contributed by atoms with Crippen LogP contribution in [0, 0.1) is 6.92 Å². The second kappa shape index (κ2) is 7.77. The molecule has 31 heavy (non-hydrogen) atoms. The predicted molar refractivity (Wildman–Crippen MR) is 121 cm³/mol. The first kappa shape index (κ1) is 19.7. The van der Waals surface area contributed by atoms with Crippen molar-refractivity contribution in [3.63, 3.8) is 0 Å². The van der Waals surface area contributed by atoms with E-state index in [2.05, 4.69) is 41.3 Å². The summed E-state index contributed by atoms with van der Waals surface area (Å²) in [7, 11) is 3.35. The highest BCUT2D eigenvalue weighted by atomic mass is 16.5. The molecule has 0 bridgehead atoms. The number of carbonyl (C=O) groups excluding carboxylic acids is 1. The molecule has 0 unspecified atom stereocenters. The monoisotopic (exact) mass is 413 g/mol. The Morgan fingerprint density at radius 2 is 1.68 bits per heavy atom. The van der Waals surface area contributed by atoms with E-state index in [0.717, 1.165) is 46.6 Å². The maximum Gasteiger partial charge on any atom is 0.254 e. The van der Waals surface area contributed by atoms with Gasteiger partial charge in [0.2, 0.25) is 0 Å². The summed E-state index contributed by atoms with van der Waals surface area (Å²) < 4.78 is 11.2. The lowest BCUT2D eigenvalue weighted by Gasteiger charge is -2.46. The van der Waals surface area contributed by atoms with Gasteiger partial charge in [-0.25, -0.2) is 0 Å². The van der Waals surface area contributed by atoms with E-state index in [9.17, 15) is 4.79 Å². The Hall–Kier alpha value is -3.27. The molecule has 2 atom stereocenters. The third-order valence-electron chi connectivity index (χ3n) is 6.71. The van der Waals surface area contributed by atoms with Crippen molar-refractivity contribution in [2.75, 3.05) is 14.2 Å². The molecule has 3 aromatic rings. The van der Waals surface area contributed by atoms with Gasteiger partial charge in [0.1, 0.15) is 0 Å². The van der Waals surface area contributed by atoms with Gasteiger partial charge in [0.25, 0.3) is 5.91 Å². The Kier molecular flexibility index (Phi) is 4.93. The lowest BCUT2D eigenvalue weighted by atomic mass is 9.71. The van der Waals surface area contributed by atoms with Crippen LogP contribution in [0.1, 0.15) is 50.5 Å². The molecule has 0 fully saturated rings. The van der Waals surface area contributed by atoms with Crippen molar-refractivity contribution < 1.29 is 14.3 Å². The maximum atomic E-state index is 13.6. The summed E-state index contributed by atoms with van der Waals surface area (Å²) in [5.41, 5.74) is 6.72. The number of rotatable bonds is 4. The Bertz CT molecular complexity index is 1140. The minimum atomic E-state index is 0.119. The van der Waals surface area contributed by atoms with Crippen LogP contribution in [-0.2, 0) is 13.0 Å². The molecule has 0 saturated carbocycles. The minimum absolute atomic E-state index is 0.119. The average molecular weight is 414 g/mol. The van der Waals surface area contributed by atoms with E-state index >= 15 is 0 Å². The van der Waals surface area contributed by atoms with Crippen LogP contribution in [0.15, 0.2) is 60.7 Å². The predicted octanol–water partition coefficient (Wildman–Crippen LogP) is 5.11. The second-order valence-electron chi connectivity index (χ2n) is 8.50. The third kappa shape index (κ3) is 3.27. The minimum Gasteiger partial charge on any atom is -0.493 e. The molecule has 0 aromatic heterocycles. The van der Waals surface area contributed by atoms with Crippen molar-refractivity contribution in [3.8, 4) is 11.5 Å². The van der Waals surface area contributed by atoms with Gasteiger partial charge >= 0.3 is 0 Å². The smallest absolute Gasteiger partial charge is 0.254 e. The number of benzene rings is 3. The molecule has 1 amide bonds. The highest BCUT2D eigenvalue weighted by Crippen LogP contribution is 2.47. The molecular weight excluding hydrogens is 386 g/mol. The summed E-state index contributed by atoms with van der Waals surface area (Å²) in [5.74, 6) is 1.76. The van der Waals surface area contributed by atoms with E-state index in [1.54, 1.807) is 14.2 Å². The van der Waals surface area contributed by atoms with E-state index in [-0.39, 0.29) is 17.9 Å². The number of hydrogen-bond donors (Lipinski definition) is 0. The average Bonchev–Trinajstić information content (AvgIpc) is 2.81. The van der Waals surface area contributed by atoms with E-state index in [1.807, 2.05) is 31.2 Å². The highest BCUT2D eigenvalue weighted by molar-refractivity contribution is 5.98. The van der Waals surface area contributed by atoms with Crippen molar-refractivity contribution in [1.29, 1.82) is 0 Å². The zero-order chi connectivity index (χ0) is 21.5. The summed E-state index contributed by atoms with van der Waals surface area (Å²) in [6.07, 6.45) is 1.84. The zero-order valence-electron chi connectivity index (χ0n) is 18.2. The van der Waals surface area contributed by atoms with E-state index < -0.39 is 0 Å². The van der Waals surface area contributed by atoms with Crippen LogP contribution in [0.3, 0.4) is 0 Å². The van der Waals surface area contributed by atoms with Gasteiger partial charge in [0, 0.05) is 24.1 Å². The SMILES string of the molecule is COc1cc2c(cc1OC)[C@H]1c3ccc(C)cc3C(=O)N(Cc3ccccc3)[C@@H]1CC2. The van der Waals surface area contributed by atoms with Gasteiger partial charge in [-0.1, -0.05) is 48.0 Å². The quantitative estimate of drug-likeness (QED) is 0.596. The molecule has 1 aliphatic heterocycles. The molecule has 0 N–H and O–H groups in total. The number of hydrogen-bond acceptors (Lipinski definition) is 3. The van der Waals surface area contributed by atoms with Crippen LogP contribution in [0.2, 0.25) is 0 Å². The number of fused-ring (bicyclic) bond motifs is 5. The standard InChI is InChI=1S/C27H27NO3/c1-17-9-11-20-22(13-17)27(29)28(16-18-7-5-4-6-8-18)23-12-10-19-14-24(30-2)25(31-3)15-21(19)26(20)23/h4-9,11,13-15,23,26H,10,12,16H2,1-3H3/t23-,26-/m1/s1. The summed E-state index contributed by atoms with van der Waals surface area (Å²) in [6.45, 7) is 2.67. The van der Waals surface area contributed by atoms with Crippen molar-refractivity contribution in [2.45, 2.75) is 38.3 Å². The third-order valence-corrected chi connectivity index (χ3v) is 6.71. The van der Waals surface area contributed by atoms with Gasteiger partial charge in [-0.2, -0.15) is 0 Å². The number of aryl methyl sites for hydroxylation is 2. The first-order valence-electron chi connectivity index (χ1n) is 10.8. The summed E-state index contributed by atoms with van der Waals surface area (Å²) in [6, 6.07) is 20.9. The molecule has 5 rings (SSSR count). The Balaban J connectivity index is 1.67. The molecule has 4 nitrogen and oxygen atoms in total. The van der Waals surface area contributed by atoms with E-state index in [0.29, 0.717) is 6.54 Å². The summed E-state index contributed by atoms with van der Waals surface area (Å²) in [5, 5.41) is 0. The molecule has 0 radical (unpaired) electrons. The molecule has 1 heterocycles. The van der Waals surface area contributed by atoms with Gasteiger partial charge in [-0.3, -0.25) is 4.79 Å². The fourth-order valence-corrected chi connectivity index (χ4v) is 5.23. The van der Waals surface area contributed by atoms with Gasteiger partial charge in [-0.05, 0) is 60.2 Å². The van der Waals surface area contributed by atoms with Crippen molar-refractivity contribution in [2.24, 2.45) is 0 Å². The second-order valence-corrected chi connectivity index (χ2v) is 8.50. The first-order chi connectivity index (χ1) is 15.1. The van der Waals surface area contributed by atoms with E-state index in [1.165, 1.54) is 11.1 Å². The van der Waals surface area contributed by atoms with Crippen LogP contribution >= 0.6 is 0 Å². The lowest BCUT2D eigenvalue weighted by Crippen LogP contribution is -2.49. The number of methoxy groups -OCH3 is 2. The highest BCUT2D eigenvalue weighted by Gasteiger charge is 2.43.